The number of hydrogen-bond acceptors (Lipinski definition) is 1. The molecule has 0 bridgehead atoms. The van der Waals surface area contributed by atoms with Crippen LogP contribution in [0, 0.1) is 0 Å². The lowest BCUT2D eigenvalue weighted by atomic mass is 10.6. The van der Waals surface area contributed by atoms with Crippen molar-refractivity contribution in [1.82, 2.24) is 0 Å². The Bertz CT molecular complexity index is 151. The van der Waals surface area contributed by atoms with Crippen LogP contribution in [0.3, 0.4) is 0 Å². The molecule has 0 aromatic carbocycles. The lowest BCUT2D eigenvalue weighted by molar-refractivity contribution is -0.268. The van der Waals surface area contributed by atoms with Crippen LogP contribution < -0.4 is 0 Å². The van der Waals surface area contributed by atoms with Gasteiger partial charge >= 0.3 is 6.18 Å². The second-order valence-electron chi connectivity index (χ2n) is 2.59. The summed E-state index contributed by atoms with van der Waals surface area (Å²) in [7, 11) is 0. The van der Waals surface area contributed by atoms with Crippen molar-refractivity contribution < 1.29 is 22.3 Å². The van der Waals surface area contributed by atoms with Gasteiger partial charge in [-0.15, -0.1) is 22.2 Å². The van der Waals surface area contributed by atoms with Gasteiger partial charge in [0, 0.05) is 0 Å². The van der Waals surface area contributed by atoms with E-state index in [-0.39, 0.29) is 0 Å². The van der Waals surface area contributed by atoms with Crippen LogP contribution in [-0.4, -0.2) is 25.0 Å². The average Bonchev–Trinajstić information content (AvgIpc) is 1.82. The third-order valence-corrected chi connectivity index (χ3v) is 4.70. The summed E-state index contributed by atoms with van der Waals surface area (Å²) in [4.78, 5) is 0. The first-order valence-corrected chi connectivity index (χ1v) is 7.89. The maximum absolute atomic E-state index is 12.2. The van der Waals surface area contributed by atoms with Gasteiger partial charge in [0.25, 0.3) is 13.1 Å². The van der Waals surface area contributed by atoms with Gasteiger partial charge < -0.3 is 4.74 Å². The fourth-order valence-electron chi connectivity index (χ4n) is 0.376. The van der Waals surface area contributed by atoms with Gasteiger partial charge in [0.15, 0.2) is 0 Å². The van der Waals surface area contributed by atoms with Gasteiger partial charge in [0.2, 0.25) is 0 Å². The molecule has 0 aromatic rings. The van der Waals surface area contributed by atoms with E-state index in [4.69, 9.17) is 22.2 Å². The minimum absolute atomic E-state index is 1.12. The van der Waals surface area contributed by atoms with E-state index in [0.29, 0.717) is 0 Å². The standard InChI is InChI=1S/C5H8Cl2F4OSi/c1-3(13(2,6)7)12-4(8)5(9,10)11/h3-4H,1-2H3. The zero-order chi connectivity index (χ0) is 10.9. The summed E-state index contributed by atoms with van der Waals surface area (Å²) in [6.45, 7) is -0.356. The second-order valence-corrected chi connectivity index (χ2v) is 10.6. The normalized spacial score (nSPS) is 18.5. The van der Waals surface area contributed by atoms with Crippen molar-refractivity contribution in [3.63, 3.8) is 0 Å². The quantitative estimate of drug-likeness (QED) is 0.429. The van der Waals surface area contributed by atoms with Crippen molar-refractivity contribution in [2.45, 2.75) is 31.7 Å². The van der Waals surface area contributed by atoms with E-state index in [9.17, 15) is 17.6 Å². The Hall–Kier alpha value is 0.477. The number of halogens is 6. The Morgan fingerprint density at radius 1 is 1.31 bits per heavy atom. The van der Waals surface area contributed by atoms with E-state index in [2.05, 4.69) is 4.74 Å². The molecule has 0 amide bonds. The monoisotopic (exact) mass is 258 g/mol. The molecule has 0 aliphatic carbocycles. The minimum atomic E-state index is -5.03. The predicted octanol–water partition coefficient (Wildman–Crippen LogP) is 3.34. The molecule has 0 spiro atoms. The molecule has 0 aromatic heterocycles. The van der Waals surface area contributed by atoms with Gasteiger partial charge in [-0.2, -0.15) is 13.2 Å². The zero-order valence-electron chi connectivity index (χ0n) is 6.83. The molecule has 0 radical (unpaired) electrons. The fraction of sp³-hybridized carbons (Fsp3) is 1.00. The molecule has 0 heterocycles. The molecule has 0 aliphatic heterocycles. The molecule has 0 saturated carbocycles. The molecule has 2 atom stereocenters. The zero-order valence-corrected chi connectivity index (χ0v) is 9.34. The highest BCUT2D eigenvalue weighted by Gasteiger charge is 2.45. The average molecular weight is 259 g/mol. The fourth-order valence-corrected chi connectivity index (χ4v) is 1.04. The molecule has 0 rings (SSSR count). The van der Waals surface area contributed by atoms with Crippen molar-refractivity contribution in [2.24, 2.45) is 0 Å². The topological polar surface area (TPSA) is 9.23 Å². The van der Waals surface area contributed by atoms with Crippen molar-refractivity contribution >= 4 is 28.9 Å². The predicted molar refractivity (Wildman–Crippen MR) is 44.8 cm³/mol. The summed E-state index contributed by atoms with van der Waals surface area (Å²) in [5, 5.41) is 0. The third-order valence-electron chi connectivity index (χ3n) is 1.29. The summed E-state index contributed by atoms with van der Waals surface area (Å²) in [5.74, 6) is 0. The van der Waals surface area contributed by atoms with Crippen molar-refractivity contribution in [3.8, 4) is 0 Å². The maximum Gasteiger partial charge on any atom is 0.445 e. The minimum Gasteiger partial charge on any atom is -0.339 e. The van der Waals surface area contributed by atoms with E-state index >= 15 is 0 Å². The van der Waals surface area contributed by atoms with Crippen molar-refractivity contribution in [3.05, 3.63) is 0 Å². The van der Waals surface area contributed by atoms with Crippen LogP contribution in [0.2, 0.25) is 6.55 Å². The van der Waals surface area contributed by atoms with E-state index in [1.54, 1.807) is 0 Å². The smallest absolute Gasteiger partial charge is 0.339 e. The van der Waals surface area contributed by atoms with Crippen LogP contribution in [0.4, 0.5) is 17.6 Å². The molecule has 0 aliphatic rings. The Morgan fingerprint density at radius 2 is 1.69 bits per heavy atom. The largest absolute Gasteiger partial charge is 0.445 e. The van der Waals surface area contributed by atoms with Gasteiger partial charge in [-0.1, -0.05) is 0 Å². The lowest BCUT2D eigenvalue weighted by Gasteiger charge is -2.23. The highest BCUT2D eigenvalue weighted by Crippen LogP contribution is 2.29. The lowest BCUT2D eigenvalue weighted by Crippen LogP contribution is -2.40. The first kappa shape index (κ1) is 13.5. The Balaban J connectivity index is 4.15. The summed E-state index contributed by atoms with van der Waals surface area (Å²) in [6, 6.07) is 0. The summed E-state index contributed by atoms with van der Waals surface area (Å²) in [6.07, 6.45) is -8.35. The maximum atomic E-state index is 12.2. The Morgan fingerprint density at radius 3 is 1.92 bits per heavy atom. The molecule has 2 unspecified atom stereocenters. The highest BCUT2D eigenvalue weighted by molar-refractivity contribution is 7.45. The van der Waals surface area contributed by atoms with Crippen molar-refractivity contribution in [2.75, 3.05) is 0 Å². The van der Waals surface area contributed by atoms with Gasteiger partial charge in [0.1, 0.15) is 0 Å². The summed E-state index contributed by atoms with van der Waals surface area (Å²) in [5.41, 5.74) is -1.12. The number of hydrogen-bond donors (Lipinski definition) is 0. The first-order chi connectivity index (χ1) is 5.55. The van der Waals surface area contributed by atoms with Gasteiger partial charge in [-0.05, 0) is 13.5 Å². The highest BCUT2D eigenvalue weighted by atomic mass is 35.7. The second kappa shape index (κ2) is 4.33. The van der Waals surface area contributed by atoms with Gasteiger partial charge in [-0.25, -0.2) is 4.39 Å². The van der Waals surface area contributed by atoms with Gasteiger partial charge in [-0.3, -0.25) is 0 Å². The number of alkyl halides is 4. The number of rotatable bonds is 3. The molecular formula is C5H8Cl2F4OSi. The first-order valence-electron chi connectivity index (χ1n) is 3.29. The number of ether oxygens (including phenoxy) is 1. The van der Waals surface area contributed by atoms with E-state index in [1.807, 2.05) is 0 Å². The van der Waals surface area contributed by atoms with Crippen LogP contribution in [0.1, 0.15) is 6.92 Å². The van der Waals surface area contributed by atoms with E-state index < -0.39 is 25.0 Å². The van der Waals surface area contributed by atoms with Crippen molar-refractivity contribution in [1.29, 1.82) is 0 Å². The molecule has 0 N–H and O–H groups in total. The summed E-state index contributed by atoms with van der Waals surface area (Å²) < 4.78 is 51.1. The Kier molecular flexibility index (Phi) is 4.49. The molecule has 8 heteroatoms. The van der Waals surface area contributed by atoms with E-state index in [1.165, 1.54) is 13.5 Å². The Labute approximate surface area is 83.4 Å². The van der Waals surface area contributed by atoms with Crippen LogP contribution in [-0.2, 0) is 4.74 Å². The third kappa shape index (κ3) is 5.04. The molecule has 80 valence electrons. The summed E-state index contributed by atoms with van der Waals surface area (Å²) >= 11 is 11.0. The van der Waals surface area contributed by atoms with Crippen LogP contribution in [0.15, 0.2) is 0 Å². The van der Waals surface area contributed by atoms with Crippen LogP contribution in [0.25, 0.3) is 0 Å². The molecule has 0 fully saturated rings. The molecule has 1 nitrogen and oxygen atoms in total. The van der Waals surface area contributed by atoms with Gasteiger partial charge in [0.05, 0.1) is 5.73 Å². The SMILES string of the molecule is CC(OC(F)C(F)(F)F)[Si](C)(Cl)Cl. The van der Waals surface area contributed by atoms with E-state index in [0.717, 1.165) is 0 Å². The molecule has 0 saturated heterocycles. The van der Waals surface area contributed by atoms with Crippen LogP contribution >= 0.6 is 22.2 Å². The molecule has 13 heavy (non-hydrogen) atoms. The van der Waals surface area contributed by atoms with Crippen LogP contribution in [0.5, 0.6) is 0 Å². The molecular weight excluding hydrogens is 251 g/mol.